The van der Waals surface area contributed by atoms with Crippen molar-refractivity contribution in [2.75, 3.05) is 7.11 Å². The number of carboxylic acid groups (broad SMARTS) is 1. The number of amides is 1. The first-order chi connectivity index (χ1) is 9.93. The van der Waals surface area contributed by atoms with Gasteiger partial charge in [0.2, 0.25) is 5.91 Å². The Labute approximate surface area is 120 Å². The third-order valence-corrected chi connectivity index (χ3v) is 2.71. The maximum absolute atomic E-state index is 11.7. The van der Waals surface area contributed by atoms with Gasteiger partial charge in [0, 0.05) is 25.2 Å². The molecule has 1 aromatic rings. The lowest BCUT2D eigenvalue weighted by Gasteiger charge is -2.13. The molecule has 0 aromatic carbocycles. The molecule has 1 rings (SSSR count). The third-order valence-electron chi connectivity index (χ3n) is 2.71. The highest BCUT2D eigenvalue weighted by molar-refractivity contribution is 5.87. The van der Waals surface area contributed by atoms with Gasteiger partial charge >= 0.3 is 11.9 Å². The van der Waals surface area contributed by atoms with E-state index in [1.54, 1.807) is 12.1 Å². The molecule has 0 aliphatic carbocycles. The largest absolute Gasteiger partial charge is 0.480 e. The lowest BCUT2D eigenvalue weighted by molar-refractivity contribution is -0.148. The summed E-state index contributed by atoms with van der Waals surface area (Å²) in [5.74, 6) is -2.63. The van der Waals surface area contributed by atoms with Crippen molar-refractivity contribution in [3.05, 3.63) is 34.7 Å². The number of nitrogens with one attached hydrogen (secondary N) is 1. The maximum Gasteiger partial charge on any atom is 0.326 e. The van der Waals surface area contributed by atoms with E-state index in [1.807, 2.05) is 0 Å². The van der Waals surface area contributed by atoms with Crippen LogP contribution in [0.1, 0.15) is 12.8 Å². The Morgan fingerprint density at radius 2 is 2.10 bits per heavy atom. The summed E-state index contributed by atoms with van der Waals surface area (Å²) in [7, 11) is 1.13. The summed E-state index contributed by atoms with van der Waals surface area (Å²) in [5, 5.41) is 11.1. The number of esters is 1. The van der Waals surface area contributed by atoms with E-state index in [0.29, 0.717) is 0 Å². The maximum atomic E-state index is 11.7. The second-order valence-electron chi connectivity index (χ2n) is 4.22. The van der Waals surface area contributed by atoms with Crippen molar-refractivity contribution in [2.24, 2.45) is 0 Å². The fourth-order valence-electron chi connectivity index (χ4n) is 1.58. The van der Waals surface area contributed by atoms with Crippen molar-refractivity contribution in [1.82, 2.24) is 9.88 Å². The molecule has 1 aromatic heterocycles. The quantitative estimate of drug-likeness (QED) is 0.647. The van der Waals surface area contributed by atoms with E-state index >= 15 is 0 Å². The van der Waals surface area contributed by atoms with Gasteiger partial charge in [0.05, 0.1) is 13.5 Å². The molecule has 114 valence electrons. The number of pyridine rings is 1. The molecule has 0 unspecified atom stereocenters. The molecule has 0 radical (unpaired) electrons. The summed E-state index contributed by atoms with van der Waals surface area (Å²) in [4.78, 5) is 45.1. The fourth-order valence-corrected chi connectivity index (χ4v) is 1.58. The number of aryl methyl sites for hydroxylation is 1. The van der Waals surface area contributed by atoms with E-state index in [4.69, 9.17) is 5.11 Å². The number of carbonyl (C=O) groups is 3. The van der Waals surface area contributed by atoms with Crippen LogP contribution in [0.15, 0.2) is 29.2 Å². The van der Waals surface area contributed by atoms with E-state index in [-0.39, 0.29) is 18.5 Å². The van der Waals surface area contributed by atoms with Crippen LogP contribution in [0.3, 0.4) is 0 Å². The number of carboxylic acids is 1. The molecule has 0 fully saturated rings. The zero-order chi connectivity index (χ0) is 15.8. The molecular formula is C13H16N2O6. The molecule has 2 N–H and O–H groups in total. The van der Waals surface area contributed by atoms with Gasteiger partial charge in [-0.1, -0.05) is 6.07 Å². The van der Waals surface area contributed by atoms with Gasteiger partial charge in [-0.25, -0.2) is 4.79 Å². The van der Waals surface area contributed by atoms with E-state index in [2.05, 4.69) is 10.1 Å². The normalized spacial score (nSPS) is 11.5. The smallest absolute Gasteiger partial charge is 0.326 e. The Bertz CT molecular complexity index is 580. The van der Waals surface area contributed by atoms with Crippen LogP contribution in [0.4, 0.5) is 0 Å². The van der Waals surface area contributed by atoms with E-state index in [9.17, 15) is 19.2 Å². The summed E-state index contributed by atoms with van der Waals surface area (Å²) in [6.45, 7) is 0.121. The molecule has 0 bridgehead atoms. The molecule has 1 amide bonds. The summed E-state index contributed by atoms with van der Waals surface area (Å²) in [6, 6.07) is 3.24. The number of methoxy groups -OCH3 is 1. The van der Waals surface area contributed by atoms with Crippen LogP contribution >= 0.6 is 0 Å². The van der Waals surface area contributed by atoms with Crippen molar-refractivity contribution in [3.63, 3.8) is 0 Å². The zero-order valence-electron chi connectivity index (χ0n) is 11.4. The average molecular weight is 296 g/mol. The van der Waals surface area contributed by atoms with Gasteiger partial charge < -0.3 is 19.7 Å². The van der Waals surface area contributed by atoms with Gasteiger partial charge in [0.1, 0.15) is 6.04 Å². The summed E-state index contributed by atoms with van der Waals surface area (Å²) in [5.41, 5.74) is -0.255. The van der Waals surface area contributed by atoms with Gasteiger partial charge in [0.25, 0.3) is 5.56 Å². The lowest BCUT2D eigenvalue weighted by Crippen LogP contribution is -2.42. The number of carbonyl (C=O) groups excluding carboxylic acids is 2. The van der Waals surface area contributed by atoms with Crippen LogP contribution in [-0.4, -0.2) is 40.7 Å². The SMILES string of the molecule is COC(=O)C[C@H](NC(=O)CCn1ccccc1=O)C(=O)O. The molecule has 21 heavy (non-hydrogen) atoms. The van der Waals surface area contributed by atoms with Crippen molar-refractivity contribution in [1.29, 1.82) is 0 Å². The van der Waals surface area contributed by atoms with Crippen LogP contribution in [0.2, 0.25) is 0 Å². The third kappa shape index (κ3) is 5.47. The number of hydrogen-bond acceptors (Lipinski definition) is 5. The Morgan fingerprint density at radius 1 is 1.38 bits per heavy atom. The van der Waals surface area contributed by atoms with E-state index in [0.717, 1.165) is 7.11 Å². The minimum absolute atomic E-state index is 0.0745. The summed E-state index contributed by atoms with van der Waals surface area (Å²) < 4.78 is 5.69. The minimum Gasteiger partial charge on any atom is -0.480 e. The van der Waals surface area contributed by atoms with Crippen molar-refractivity contribution < 1.29 is 24.2 Å². The zero-order valence-corrected chi connectivity index (χ0v) is 11.4. The number of rotatable bonds is 7. The van der Waals surface area contributed by atoms with Crippen LogP contribution in [0, 0.1) is 0 Å². The van der Waals surface area contributed by atoms with Gasteiger partial charge in [-0.05, 0) is 6.07 Å². The molecule has 0 aliphatic rings. The first-order valence-electron chi connectivity index (χ1n) is 6.18. The van der Waals surface area contributed by atoms with Crippen molar-refractivity contribution in [3.8, 4) is 0 Å². The second-order valence-corrected chi connectivity index (χ2v) is 4.22. The number of hydrogen-bond donors (Lipinski definition) is 2. The molecule has 0 saturated carbocycles. The van der Waals surface area contributed by atoms with E-state index in [1.165, 1.54) is 16.8 Å². The molecule has 0 saturated heterocycles. The van der Waals surface area contributed by atoms with E-state index < -0.39 is 30.3 Å². The van der Waals surface area contributed by atoms with Gasteiger partial charge in [-0.15, -0.1) is 0 Å². The Morgan fingerprint density at radius 3 is 2.67 bits per heavy atom. The summed E-state index contributed by atoms with van der Waals surface area (Å²) in [6.07, 6.45) is 0.997. The lowest BCUT2D eigenvalue weighted by atomic mass is 10.2. The molecular weight excluding hydrogens is 280 g/mol. The van der Waals surface area contributed by atoms with Crippen molar-refractivity contribution >= 4 is 17.8 Å². The topological polar surface area (TPSA) is 115 Å². The number of ether oxygens (including phenoxy) is 1. The van der Waals surface area contributed by atoms with Gasteiger partial charge in [0.15, 0.2) is 0 Å². The monoisotopic (exact) mass is 296 g/mol. The fraction of sp³-hybridized carbons (Fsp3) is 0.385. The number of aliphatic carboxylic acids is 1. The average Bonchev–Trinajstić information content (AvgIpc) is 2.45. The number of aromatic nitrogens is 1. The Balaban J connectivity index is 2.55. The van der Waals surface area contributed by atoms with Gasteiger partial charge in [-0.3, -0.25) is 14.4 Å². The molecule has 8 heteroatoms. The molecule has 0 aliphatic heterocycles. The molecule has 1 atom stereocenters. The summed E-state index contributed by atoms with van der Waals surface area (Å²) >= 11 is 0. The van der Waals surface area contributed by atoms with Crippen LogP contribution < -0.4 is 10.9 Å². The standard InChI is InChI=1S/C13H16N2O6/c1-21-12(18)8-9(13(19)20)14-10(16)5-7-15-6-3-2-4-11(15)17/h2-4,6,9H,5,7-8H2,1H3,(H,14,16)(H,19,20)/t9-/m0/s1. The highest BCUT2D eigenvalue weighted by Crippen LogP contribution is 1.97. The van der Waals surface area contributed by atoms with Gasteiger partial charge in [-0.2, -0.15) is 0 Å². The predicted molar refractivity (Wildman–Crippen MR) is 71.5 cm³/mol. The van der Waals surface area contributed by atoms with Crippen LogP contribution in [-0.2, 0) is 25.7 Å². The molecule has 8 nitrogen and oxygen atoms in total. The van der Waals surface area contributed by atoms with Crippen molar-refractivity contribution in [2.45, 2.75) is 25.4 Å². The second kappa shape index (κ2) is 7.83. The Hall–Kier alpha value is -2.64. The molecule has 0 spiro atoms. The highest BCUT2D eigenvalue weighted by Gasteiger charge is 2.23. The first-order valence-corrected chi connectivity index (χ1v) is 6.18. The predicted octanol–water partition coefficient (Wildman–Crippen LogP) is -0.629. The molecule has 1 heterocycles. The number of nitrogens with zero attached hydrogens (tertiary/aromatic N) is 1. The first kappa shape index (κ1) is 16.4. The Kier molecular flexibility index (Phi) is 6.12. The van der Waals surface area contributed by atoms with Crippen LogP contribution in [0.25, 0.3) is 0 Å². The van der Waals surface area contributed by atoms with Crippen LogP contribution in [0.5, 0.6) is 0 Å². The minimum atomic E-state index is -1.35. The highest BCUT2D eigenvalue weighted by atomic mass is 16.5.